The minimum Gasteiger partial charge on any atom is -0.445 e. The molecule has 1 fully saturated rings. The number of aromatic amines is 1. The van der Waals surface area contributed by atoms with Crippen molar-refractivity contribution in [2.75, 3.05) is 31.1 Å². The van der Waals surface area contributed by atoms with Gasteiger partial charge in [-0.05, 0) is 35.2 Å². The molecule has 1 aliphatic rings. The lowest BCUT2D eigenvalue weighted by molar-refractivity contribution is 0.0942. The monoisotopic (exact) mass is 526 g/mol. The molecule has 0 spiro atoms. The summed E-state index contributed by atoms with van der Waals surface area (Å²) in [6, 6.07) is 27.9. The molecule has 38 heavy (non-hydrogen) atoms. The van der Waals surface area contributed by atoms with Crippen molar-refractivity contribution in [2.24, 2.45) is 0 Å². The maximum absolute atomic E-state index is 13.7. The summed E-state index contributed by atoms with van der Waals surface area (Å²) in [4.78, 5) is 16.6. The van der Waals surface area contributed by atoms with Crippen molar-refractivity contribution in [1.29, 1.82) is 0 Å². The second-order valence-corrected chi connectivity index (χ2v) is 11.1. The van der Waals surface area contributed by atoms with Gasteiger partial charge in [-0.25, -0.2) is 13.2 Å². The van der Waals surface area contributed by atoms with Crippen LogP contribution in [0.4, 0.5) is 10.5 Å². The third-order valence-corrected chi connectivity index (χ3v) is 8.70. The zero-order valence-electron chi connectivity index (χ0n) is 20.6. The lowest BCUT2D eigenvalue weighted by atomic mass is 10.1. The molecule has 1 aliphatic heterocycles. The van der Waals surface area contributed by atoms with E-state index in [1.165, 1.54) is 0 Å². The molecule has 4 aromatic carbocycles. The lowest BCUT2D eigenvalue weighted by Crippen LogP contribution is -2.48. The van der Waals surface area contributed by atoms with Crippen LogP contribution in [0.25, 0.3) is 21.7 Å². The number of aromatic nitrogens is 2. The molecule has 0 bridgehead atoms. The first-order valence-electron chi connectivity index (χ1n) is 12.4. The van der Waals surface area contributed by atoms with Crippen molar-refractivity contribution >= 4 is 43.3 Å². The van der Waals surface area contributed by atoms with Gasteiger partial charge in [0.1, 0.15) is 6.61 Å². The number of nitrogens with zero attached hydrogens (tertiary/aromatic N) is 3. The topological polar surface area (TPSA) is 95.6 Å². The van der Waals surface area contributed by atoms with Crippen molar-refractivity contribution in [2.45, 2.75) is 16.5 Å². The predicted molar refractivity (Wildman–Crippen MR) is 146 cm³/mol. The number of anilines is 1. The van der Waals surface area contributed by atoms with Crippen LogP contribution in [0, 0.1) is 0 Å². The third-order valence-electron chi connectivity index (χ3n) is 6.92. The van der Waals surface area contributed by atoms with Crippen LogP contribution >= 0.6 is 0 Å². The highest BCUT2D eigenvalue weighted by Gasteiger charge is 2.27. The molecule has 1 amide bonds. The van der Waals surface area contributed by atoms with Crippen molar-refractivity contribution in [3.05, 3.63) is 96.6 Å². The standard InChI is InChI=1S/C29H26N4O4S/c34-29(37-20-21-7-2-1-3-8-21)33-17-15-32(16-18-33)23-13-14-26-25(19-23)28(31-30-26)38(35,36)27-12-6-10-22-9-4-5-11-24(22)27/h1-14,19H,15-18,20H2,(H,30,31). The molecule has 0 aliphatic carbocycles. The first kappa shape index (κ1) is 24.0. The number of sulfone groups is 1. The number of rotatable bonds is 5. The van der Waals surface area contributed by atoms with E-state index in [4.69, 9.17) is 4.74 Å². The van der Waals surface area contributed by atoms with Gasteiger partial charge in [0.2, 0.25) is 9.84 Å². The van der Waals surface area contributed by atoms with Crippen LogP contribution in [-0.4, -0.2) is 55.8 Å². The minimum atomic E-state index is -3.85. The van der Waals surface area contributed by atoms with Crippen molar-refractivity contribution in [3.8, 4) is 0 Å². The average Bonchev–Trinajstić information content (AvgIpc) is 3.40. The van der Waals surface area contributed by atoms with Crippen LogP contribution < -0.4 is 4.90 Å². The zero-order valence-corrected chi connectivity index (χ0v) is 21.4. The van der Waals surface area contributed by atoms with E-state index in [2.05, 4.69) is 15.1 Å². The number of nitrogens with one attached hydrogen (secondary N) is 1. The molecule has 1 N–H and O–H groups in total. The summed E-state index contributed by atoms with van der Waals surface area (Å²) in [5.41, 5.74) is 2.41. The van der Waals surface area contributed by atoms with Crippen LogP contribution in [0.2, 0.25) is 0 Å². The zero-order chi connectivity index (χ0) is 26.1. The first-order valence-corrected chi connectivity index (χ1v) is 13.9. The number of carbonyl (C=O) groups is 1. The van der Waals surface area contributed by atoms with E-state index in [-0.39, 0.29) is 22.6 Å². The van der Waals surface area contributed by atoms with Gasteiger partial charge in [-0.2, -0.15) is 5.10 Å². The van der Waals surface area contributed by atoms with Gasteiger partial charge >= 0.3 is 6.09 Å². The molecule has 5 aromatic rings. The Hall–Kier alpha value is -4.37. The van der Waals surface area contributed by atoms with E-state index in [1.54, 1.807) is 17.0 Å². The lowest BCUT2D eigenvalue weighted by Gasteiger charge is -2.35. The Morgan fingerprint density at radius 3 is 2.39 bits per heavy atom. The van der Waals surface area contributed by atoms with E-state index >= 15 is 0 Å². The Morgan fingerprint density at radius 1 is 0.842 bits per heavy atom. The van der Waals surface area contributed by atoms with Crippen LogP contribution in [0.1, 0.15) is 5.56 Å². The van der Waals surface area contributed by atoms with Gasteiger partial charge in [0.05, 0.1) is 10.4 Å². The number of piperazine rings is 1. The maximum atomic E-state index is 13.7. The van der Waals surface area contributed by atoms with E-state index in [0.717, 1.165) is 16.6 Å². The number of carbonyl (C=O) groups excluding carboxylic acids is 1. The molecule has 9 heteroatoms. The molecular formula is C29H26N4O4S. The van der Waals surface area contributed by atoms with Gasteiger partial charge in [-0.1, -0.05) is 66.7 Å². The molecule has 6 rings (SSSR count). The Bertz CT molecular complexity index is 1720. The summed E-state index contributed by atoms with van der Waals surface area (Å²) in [6.07, 6.45) is -0.331. The van der Waals surface area contributed by atoms with Crippen molar-refractivity contribution < 1.29 is 17.9 Å². The molecular weight excluding hydrogens is 500 g/mol. The highest BCUT2D eigenvalue weighted by atomic mass is 32.2. The Morgan fingerprint density at radius 2 is 1.58 bits per heavy atom. The predicted octanol–water partition coefficient (Wildman–Crippen LogP) is 5.01. The van der Waals surface area contributed by atoms with Gasteiger partial charge in [-0.3, -0.25) is 5.10 Å². The molecule has 2 heterocycles. The number of fused-ring (bicyclic) bond motifs is 2. The summed E-state index contributed by atoms with van der Waals surface area (Å²) in [6.45, 7) is 2.48. The summed E-state index contributed by atoms with van der Waals surface area (Å²) < 4.78 is 33.0. The van der Waals surface area contributed by atoms with E-state index < -0.39 is 9.84 Å². The fourth-order valence-corrected chi connectivity index (χ4v) is 6.45. The summed E-state index contributed by atoms with van der Waals surface area (Å²) in [5, 5.41) is 9.19. The average molecular weight is 527 g/mol. The molecule has 0 saturated carbocycles. The molecule has 1 aromatic heterocycles. The quantitative estimate of drug-likeness (QED) is 0.346. The highest BCUT2D eigenvalue weighted by molar-refractivity contribution is 7.91. The van der Waals surface area contributed by atoms with Gasteiger partial charge in [0.15, 0.2) is 5.03 Å². The van der Waals surface area contributed by atoms with Gasteiger partial charge in [-0.15, -0.1) is 0 Å². The Labute approximate surface area is 220 Å². The smallest absolute Gasteiger partial charge is 0.410 e. The largest absolute Gasteiger partial charge is 0.445 e. The fourth-order valence-electron chi connectivity index (χ4n) is 4.87. The van der Waals surface area contributed by atoms with Crippen LogP contribution in [0.5, 0.6) is 0 Å². The minimum absolute atomic E-state index is 0.0776. The van der Waals surface area contributed by atoms with Crippen molar-refractivity contribution in [1.82, 2.24) is 15.1 Å². The molecule has 0 atom stereocenters. The van der Waals surface area contributed by atoms with E-state index in [9.17, 15) is 13.2 Å². The number of hydrogen-bond acceptors (Lipinski definition) is 6. The summed E-state index contributed by atoms with van der Waals surface area (Å²) in [5.74, 6) is 0. The van der Waals surface area contributed by atoms with Gasteiger partial charge in [0, 0.05) is 42.6 Å². The number of ether oxygens (including phenoxy) is 1. The number of hydrogen-bond donors (Lipinski definition) is 1. The molecule has 0 unspecified atom stereocenters. The van der Waals surface area contributed by atoms with Gasteiger partial charge < -0.3 is 14.5 Å². The summed E-state index contributed by atoms with van der Waals surface area (Å²) >= 11 is 0. The fraction of sp³-hybridized carbons (Fsp3) is 0.172. The second kappa shape index (κ2) is 9.83. The van der Waals surface area contributed by atoms with E-state index in [0.29, 0.717) is 42.5 Å². The maximum Gasteiger partial charge on any atom is 0.410 e. The molecule has 192 valence electrons. The molecule has 1 saturated heterocycles. The Kier molecular flexibility index (Phi) is 6.21. The SMILES string of the molecule is O=C(OCc1ccccc1)N1CCN(c2ccc3n[nH]c(S(=O)(=O)c4cccc5ccccc45)c3c2)CC1. The first-order chi connectivity index (χ1) is 18.5. The highest BCUT2D eigenvalue weighted by Crippen LogP contribution is 2.33. The molecule has 0 radical (unpaired) electrons. The number of H-pyrrole nitrogens is 1. The van der Waals surface area contributed by atoms with Gasteiger partial charge in [0.25, 0.3) is 0 Å². The third kappa shape index (κ3) is 4.45. The number of amides is 1. The van der Waals surface area contributed by atoms with Crippen LogP contribution in [-0.2, 0) is 21.2 Å². The van der Waals surface area contributed by atoms with Crippen LogP contribution in [0.15, 0.2) is 101 Å². The second-order valence-electron chi connectivity index (χ2n) is 9.25. The Balaban J connectivity index is 1.21. The van der Waals surface area contributed by atoms with Crippen molar-refractivity contribution in [3.63, 3.8) is 0 Å². The van der Waals surface area contributed by atoms with E-state index in [1.807, 2.05) is 78.9 Å². The summed E-state index contributed by atoms with van der Waals surface area (Å²) in [7, 11) is -3.85. The molecule has 8 nitrogen and oxygen atoms in total. The number of benzene rings is 4. The normalized spacial score (nSPS) is 14.2. The van der Waals surface area contributed by atoms with Crippen LogP contribution in [0.3, 0.4) is 0 Å².